The molecule has 5 heteroatoms. The van der Waals surface area contributed by atoms with E-state index in [-0.39, 0.29) is 17.7 Å². The van der Waals surface area contributed by atoms with Crippen molar-refractivity contribution >= 4 is 5.97 Å². The summed E-state index contributed by atoms with van der Waals surface area (Å²) in [6.45, 7) is 1.47. The fourth-order valence-corrected chi connectivity index (χ4v) is 1.17. The Labute approximate surface area is 92.9 Å². The molecule has 0 saturated carbocycles. The molecule has 0 amide bonds. The van der Waals surface area contributed by atoms with E-state index in [9.17, 15) is 15.0 Å². The van der Waals surface area contributed by atoms with Gasteiger partial charge < -0.3 is 20.1 Å². The largest absolute Gasteiger partial charge is 0.507 e. The Morgan fingerprint density at radius 2 is 2.00 bits per heavy atom. The lowest BCUT2D eigenvalue weighted by atomic mass is 10.2. The highest BCUT2D eigenvalue weighted by Crippen LogP contribution is 2.17. The maximum Gasteiger partial charge on any atom is 0.344 e. The third-order valence-corrected chi connectivity index (χ3v) is 1.91. The maximum absolute atomic E-state index is 11.4. The van der Waals surface area contributed by atoms with Crippen molar-refractivity contribution < 1.29 is 24.9 Å². The maximum atomic E-state index is 11.4. The van der Waals surface area contributed by atoms with Crippen LogP contribution in [-0.4, -0.2) is 33.7 Å². The van der Waals surface area contributed by atoms with Crippen LogP contribution >= 0.6 is 0 Å². The number of hydrogen-bond donors (Lipinski definition) is 3. The molecule has 0 bridgehead atoms. The zero-order valence-electron chi connectivity index (χ0n) is 8.83. The van der Waals surface area contributed by atoms with Crippen LogP contribution in [0.25, 0.3) is 0 Å². The van der Waals surface area contributed by atoms with Crippen molar-refractivity contribution in [2.45, 2.75) is 25.7 Å². The smallest absolute Gasteiger partial charge is 0.344 e. The summed E-state index contributed by atoms with van der Waals surface area (Å²) in [5, 5.41) is 27.6. The molecule has 1 rings (SSSR count). The van der Waals surface area contributed by atoms with Crippen LogP contribution in [0, 0.1) is 0 Å². The van der Waals surface area contributed by atoms with Gasteiger partial charge in [0.1, 0.15) is 11.3 Å². The molecule has 0 fully saturated rings. The lowest BCUT2D eigenvalue weighted by molar-refractivity contribution is -0.0837. The molecule has 5 nitrogen and oxygen atoms in total. The highest BCUT2D eigenvalue weighted by molar-refractivity contribution is 5.92. The van der Waals surface area contributed by atoms with Gasteiger partial charge in [-0.05, 0) is 19.1 Å². The standard InChI is InChI=1S/C11H14O5/c1-7(12)6-10(14)16-11(15)8-4-2-3-5-9(8)13/h2-5,7,10,12-14H,6H2,1H3. The Morgan fingerprint density at radius 1 is 1.38 bits per heavy atom. The lowest BCUT2D eigenvalue weighted by Gasteiger charge is -2.13. The molecule has 0 radical (unpaired) electrons. The first-order valence-corrected chi connectivity index (χ1v) is 4.86. The van der Waals surface area contributed by atoms with Crippen LogP contribution in [0.4, 0.5) is 0 Å². The van der Waals surface area contributed by atoms with Crippen molar-refractivity contribution in [1.29, 1.82) is 0 Å². The van der Waals surface area contributed by atoms with Gasteiger partial charge in [-0.1, -0.05) is 12.1 Å². The van der Waals surface area contributed by atoms with Gasteiger partial charge in [-0.15, -0.1) is 0 Å². The number of aliphatic hydroxyl groups is 2. The summed E-state index contributed by atoms with van der Waals surface area (Å²) in [5.74, 6) is -1.04. The Morgan fingerprint density at radius 3 is 2.56 bits per heavy atom. The Bertz CT molecular complexity index is 361. The molecule has 0 heterocycles. The summed E-state index contributed by atoms with van der Waals surface area (Å²) in [6, 6.07) is 5.86. The van der Waals surface area contributed by atoms with Gasteiger partial charge >= 0.3 is 5.97 Å². The average Bonchev–Trinajstić information content (AvgIpc) is 2.16. The lowest BCUT2D eigenvalue weighted by Crippen LogP contribution is -2.22. The molecule has 0 aliphatic rings. The average molecular weight is 226 g/mol. The van der Waals surface area contributed by atoms with E-state index in [1.165, 1.54) is 19.1 Å². The summed E-state index contributed by atoms with van der Waals surface area (Å²) >= 11 is 0. The van der Waals surface area contributed by atoms with Crippen molar-refractivity contribution in [2.75, 3.05) is 0 Å². The Kier molecular flexibility index (Phi) is 4.28. The summed E-state index contributed by atoms with van der Waals surface area (Å²) in [4.78, 5) is 11.4. The number of aromatic hydroxyl groups is 1. The van der Waals surface area contributed by atoms with E-state index in [2.05, 4.69) is 4.74 Å². The fraction of sp³-hybridized carbons (Fsp3) is 0.364. The number of esters is 1. The van der Waals surface area contributed by atoms with Gasteiger partial charge in [-0.25, -0.2) is 4.79 Å². The molecule has 2 atom stereocenters. The van der Waals surface area contributed by atoms with E-state index in [1.807, 2.05) is 0 Å². The zero-order chi connectivity index (χ0) is 12.1. The molecule has 2 unspecified atom stereocenters. The Hall–Kier alpha value is -1.59. The zero-order valence-corrected chi connectivity index (χ0v) is 8.83. The second kappa shape index (κ2) is 5.48. The van der Waals surface area contributed by atoms with Crippen LogP contribution in [0.1, 0.15) is 23.7 Å². The monoisotopic (exact) mass is 226 g/mol. The molecular weight excluding hydrogens is 212 g/mol. The van der Waals surface area contributed by atoms with Gasteiger partial charge in [0.2, 0.25) is 6.29 Å². The number of ether oxygens (including phenoxy) is 1. The minimum atomic E-state index is -1.38. The third-order valence-electron chi connectivity index (χ3n) is 1.91. The van der Waals surface area contributed by atoms with Gasteiger partial charge in [0.05, 0.1) is 6.10 Å². The number of rotatable bonds is 4. The summed E-state index contributed by atoms with van der Waals surface area (Å²) < 4.78 is 4.62. The van der Waals surface area contributed by atoms with Gasteiger partial charge in [-0.2, -0.15) is 0 Å². The van der Waals surface area contributed by atoms with E-state index in [0.717, 1.165) is 0 Å². The second-order valence-electron chi connectivity index (χ2n) is 3.46. The fourth-order valence-electron chi connectivity index (χ4n) is 1.17. The van der Waals surface area contributed by atoms with Crippen molar-refractivity contribution in [2.24, 2.45) is 0 Å². The van der Waals surface area contributed by atoms with E-state index in [1.54, 1.807) is 12.1 Å². The second-order valence-corrected chi connectivity index (χ2v) is 3.46. The van der Waals surface area contributed by atoms with Crippen LogP contribution in [0.2, 0.25) is 0 Å². The number of hydrogen-bond acceptors (Lipinski definition) is 5. The number of phenols is 1. The molecular formula is C11H14O5. The van der Waals surface area contributed by atoms with Crippen molar-refractivity contribution in [3.63, 3.8) is 0 Å². The number of para-hydroxylation sites is 1. The van der Waals surface area contributed by atoms with Crippen LogP contribution in [0.3, 0.4) is 0 Å². The molecule has 0 spiro atoms. The summed E-state index contributed by atoms with van der Waals surface area (Å²) in [5.41, 5.74) is -0.0212. The topological polar surface area (TPSA) is 87.0 Å². The van der Waals surface area contributed by atoms with E-state index < -0.39 is 18.4 Å². The minimum absolute atomic E-state index is 0.0212. The van der Waals surface area contributed by atoms with Gasteiger partial charge in [0.25, 0.3) is 0 Å². The molecule has 0 saturated heterocycles. The molecule has 1 aromatic carbocycles. The van der Waals surface area contributed by atoms with Gasteiger partial charge in [-0.3, -0.25) is 0 Å². The molecule has 3 N–H and O–H groups in total. The summed E-state index contributed by atoms with van der Waals surface area (Å²) in [7, 11) is 0. The first-order valence-electron chi connectivity index (χ1n) is 4.86. The highest BCUT2D eigenvalue weighted by atomic mass is 16.6. The SMILES string of the molecule is CC(O)CC(O)OC(=O)c1ccccc1O. The van der Waals surface area contributed by atoms with Crippen LogP contribution in [0.15, 0.2) is 24.3 Å². The van der Waals surface area contributed by atoms with Crippen molar-refractivity contribution in [1.82, 2.24) is 0 Å². The normalized spacial score (nSPS) is 14.2. The quantitative estimate of drug-likeness (QED) is 0.518. The predicted molar refractivity (Wildman–Crippen MR) is 55.8 cm³/mol. The molecule has 88 valence electrons. The molecule has 16 heavy (non-hydrogen) atoms. The molecule has 0 aliphatic heterocycles. The third kappa shape index (κ3) is 3.52. The minimum Gasteiger partial charge on any atom is -0.507 e. The predicted octanol–water partition coefficient (Wildman–Crippen LogP) is 0.638. The number of phenolic OH excluding ortho intramolecular Hbond substituents is 1. The highest BCUT2D eigenvalue weighted by Gasteiger charge is 2.17. The number of aliphatic hydroxyl groups excluding tert-OH is 2. The van der Waals surface area contributed by atoms with Crippen LogP contribution < -0.4 is 0 Å². The number of carbonyl (C=O) groups excluding carboxylic acids is 1. The molecule has 0 aliphatic carbocycles. The first kappa shape index (κ1) is 12.5. The van der Waals surface area contributed by atoms with E-state index in [0.29, 0.717) is 0 Å². The van der Waals surface area contributed by atoms with Gasteiger partial charge in [0, 0.05) is 6.42 Å². The van der Waals surface area contributed by atoms with Crippen molar-refractivity contribution in [3.05, 3.63) is 29.8 Å². The molecule has 0 aromatic heterocycles. The van der Waals surface area contributed by atoms with Crippen LogP contribution in [0.5, 0.6) is 5.75 Å². The molecule has 1 aromatic rings. The number of carbonyl (C=O) groups is 1. The van der Waals surface area contributed by atoms with E-state index in [4.69, 9.17) is 5.11 Å². The number of benzene rings is 1. The Balaban J connectivity index is 2.63. The van der Waals surface area contributed by atoms with Crippen LogP contribution in [-0.2, 0) is 4.74 Å². The van der Waals surface area contributed by atoms with E-state index >= 15 is 0 Å². The summed E-state index contributed by atoms with van der Waals surface area (Å²) in [6.07, 6.45) is -2.22. The van der Waals surface area contributed by atoms with Gasteiger partial charge in [0.15, 0.2) is 0 Å². The van der Waals surface area contributed by atoms with Crippen molar-refractivity contribution in [3.8, 4) is 5.75 Å². The first-order chi connectivity index (χ1) is 7.50.